The lowest BCUT2D eigenvalue weighted by atomic mass is 9.87. The average Bonchev–Trinajstić information content (AvgIpc) is 2.61. The van der Waals surface area contributed by atoms with Gasteiger partial charge in [-0.15, -0.1) is 12.4 Å². The molecule has 132 valence electrons. The van der Waals surface area contributed by atoms with Crippen LogP contribution in [0.2, 0.25) is 0 Å². The van der Waals surface area contributed by atoms with E-state index < -0.39 is 0 Å². The SMILES string of the molecule is Cl.Nc1ccc2c(c1)CCCC2NC(=O)c1ccc2c(c1)OCCO2. The summed E-state index contributed by atoms with van der Waals surface area (Å²) in [5.74, 6) is 1.23. The molecular formula is C19H21ClN2O3. The monoisotopic (exact) mass is 360 g/mol. The molecule has 5 nitrogen and oxygen atoms in total. The topological polar surface area (TPSA) is 73.6 Å². The van der Waals surface area contributed by atoms with E-state index in [1.807, 2.05) is 18.2 Å². The van der Waals surface area contributed by atoms with E-state index in [4.69, 9.17) is 15.2 Å². The van der Waals surface area contributed by atoms with Crippen molar-refractivity contribution in [3.05, 3.63) is 53.1 Å². The van der Waals surface area contributed by atoms with Gasteiger partial charge in [0, 0.05) is 11.3 Å². The number of hydrogen-bond donors (Lipinski definition) is 2. The van der Waals surface area contributed by atoms with E-state index in [1.54, 1.807) is 18.2 Å². The molecule has 0 bridgehead atoms. The van der Waals surface area contributed by atoms with Crippen molar-refractivity contribution in [2.24, 2.45) is 0 Å². The second-order valence-electron chi connectivity index (χ2n) is 6.23. The van der Waals surface area contributed by atoms with E-state index in [1.165, 1.54) is 11.1 Å². The van der Waals surface area contributed by atoms with Crippen molar-refractivity contribution in [3.8, 4) is 11.5 Å². The predicted octanol–water partition coefficient (Wildman–Crippen LogP) is 3.27. The summed E-state index contributed by atoms with van der Waals surface area (Å²) in [6, 6.07) is 11.3. The Kier molecular flexibility index (Phi) is 5.04. The van der Waals surface area contributed by atoms with Gasteiger partial charge in [-0.05, 0) is 60.7 Å². The summed E-state index contributed by atoms with van der Waals surface area (Å²) >= 11 is 0. The highest BCUT2D eigenvalue weighted by atomic mass is 35.5. The number of nitrogens with one attached hydrogen (secondary N) is 1. The van der Waals surface area contributed by atoms with Crippen molar-refractivity contribution in [3.63, 3.8) is 0 Å². The molecule has 1 amide bonds. The van der Waals surface area contributed by atoms with E-state index in [0.29, 0.717) is 30.3 Å². The van der Waals surface area contributed by atoms with Crippen molar-refractivity contribution in [1.29, 1.82) is 0 Å². The fourth-order valence-electron chi connectivity index (χ4n) is 3.41. The number of ether oxygens (including phenoxy) is 2. The third-order valence-corrected chi connectivity index (χ3v) is 4.59. The van der Waals surface area contributed by atoms with Gasteiger partial charge in [0.1, 0.15) is 13.2 Å². The minimum atomic E-state index is -0.0957. The lowest BCUT2D eigenvalue weighted by Gasteiger charge is -2.27. The number of fused-ring (bicyclic) bond motifs is 2. The summed E-state index contributed by atoms with van der Waals surface area (Å²) in [5, 5.41) is 3.14. The number of benzene rings is 2. The lowest BCUT2D eigenvalue weighted by molar-refractivity contribution is 0.0931. The van der Waals surface area contributed by atoms with Crippen molar-refractivity contribution in [1.82, 2.24) is 5.32 Å². The molecule has 0 saturated heterocycles. The zero-order valence-electron chi connectivity index (χ0n) is 13.8. The maximum atomic E-state index is 12.6. The van der Waals surface area contributed by atoms with Gasteiger partial charge in [0.2, 0.25) is 0 Å². The number of amides is 1. The van der Waals surface area contributed by atoms with Crippen LogP contribution >= 0.6 is 12.4 Å². The first-order chi connectivity index (χ1) is 11.7. The van der Waals surface area contributed by atoms with Gasteiger partial charge in [-0.1, -0.05) is 6.07 Å². The zero-order valence-corrected chi connectivity index (χ0v) is 14.6. The van der Waals surface area contributed by atoms with E-state index in [-0.39, 0.29) is 24.4 Å². The normalized spacial score (nSPS) is 17.8. The molecule has 2 aliphatic rings. The molecule has 0 fully saturated rings. The molecule has 0 aromatic heterocycles. The molecule has 1 aliphatic heterocycles. The molecule has 1 atom stereocenters. The zero-order chi connectivity index (χ0) is 16.5. The molecule has 1 unspecified atom stereocenters. The Morgan fingerprint density at radius 1 is 1.08 bits per heavy atom. The summed E-state index contributed by atoms with van der Waals surface area (Å²) in [4.78, 5) is 12.6. The molecule has 2 aromatic rings. The van der Waals surface area contributed by atoms with Gasteiger partial charge in [-0.3, -0.25) is 4.79 Å². The Bertz CT molecular complexity index is 794. The number of aryl methyl sites for hydroxylation is 1. The van der Waals surface area contributed by atoms with Crippen LogP contribution in [0.15, 0.2) is 36.4 Å². The van der Waals surface area contributed by atoms with Gasteiger partial charge in [0.15, 0.2) is 11.5 Å². The third-order valence-electron chi connectivity index (χ3n) is 4.59. The number of carbonyl (C=O) groups excluding carboxylic acids is 1. The number of nitrogen functional groups attached to an aromatic ring is 1. The Labute approximate surface area is 152 Å². The molecule has 25 heavy (non-hydrogen) atoms. The molecule has 0 saturated carbocycles. The number of anilines is 1. The van der Waals surface area contributed by atoms with Crippen LogP contribution in [0.1, 0.15) is 40.4 Å². The molecule has 4 rings (SSSR count). The predicted molar refractivity (Wildman–Crippen MR) is 98.7 cm³/mol. The Hall–Kier alpha value is -2.40. The molecular weight excluding hydrogens is 340 g/mol. The summed E-state index contributed by atoms with van der Waals surface area (Å²) in [6.07, 6.45) is 2.99. The molecule has 0 radical (unpaired) electrons. The molecule has 1 aliphatic carbocycles. The maximum absolute atomic E-state index is 12.6. The smallest absolute Gasteiger partial charge is 0.251 e. The number of carbonyl (C=O) groups is 1. The second kappa shape index (κ2) is 7.23. The van der Waals surface area contributed by atoms with Crippen molar-refractivity contribution >= 4 is 24.0 Å². The van der Waals surface area contributed by atoms with Gasteiger partial charge in [0.25, 0.3) is 5.91 Å². The van der Waals surface area contributed by atoms with E-state index in [0.717, 1.165) is 24.9 Å². The van der Waals surface area contributed by atoms with Crippen molar-refractivity contribution in [2.45, 2.75) is 25.3 Å². The summed E-state index contributed by atoms with van der Waals surface area (Å²) in [7, 11) is 0. The molecule has 0 spiro atoms. The summed E-state index contributed by atoms with van der Waals surface area (Å²) < 4.78 is 11.1. The van der Waals surface area contributed by atoms with Gasteiger partial charge in [-0.25, -0.2) is 0 Å². The minimum absolute atomic E-state index is 0. The number of nitrogens with two attached hydrogens (primary N) is 1. The Balaban J connectivity index is 0.00000182. The highest BCUT2D eigenvalue weighted by molar-refractivity contribution is 5.95. The summed E-state index contributed by atoms with van der Waals surface area (Å²) in [5.41, 5.74) is 9.63. The van der Waals surface area contributed by atoms with E-state index in [9.17, 15) is 4.79 Å². The number of hydrogen-bond acceptors (Lipinski definition) is 4. The van der Waals surface area contributed by atoms with Crippen LogP contribution in [0.3, 0.4) is 0 Å². The first-order valence-corrected chi connectivity index (χ1v) is 8.29. The molecule has 3 N–H and O–H groups in total. The third kappa shape index (κ3) is 3.51. The Morgan fingerprint density at radius 3 is 2.72 bits per heavy atom. The molecule has 6 heteroatoms. The van der Waals surface area contributed by atoms with Gasteiger partial charge < -0.3 is 20.5 Å². The largest absolute Gasteiger partial charge is 0.486 e. The highest BCUT2D eigenvalue weighted by Gasteiger charge is 2.23. The van der Waals surface area contributed by atoms with E-state index in [2.05, 4.69) is 5.32 Å². The first kappa shape index (κ1) is 17.4. The van der Waals surface area contributed by atoms with Crippen LogP contribution in [-0.2, 0) is 6.42 Å². The van der Waals surface area contributed by atoms with Crippen LogP contribution in [0.5, 0.6) is 11.5 Å². The standard InChI is InChI=1S/C19H20N2O3.ClH/c20-14-5-6-15-12(10-14)2-1-3-16(15)21-19(22)13-4-7-17-18(11-13)24-9-8-23-17;/h4-7,10-11,16H,1-3,8-9,20H2,(H,21,22);1H. The summed E-state index contributed by atoms with van der Waals surface area (Å²) in [6.45, 7) is 1.05. The van der Waals surface area contributed by atoms with Crippen LogP contribution in [0.25, 0.3) is 0 Å². The van der Waals surface area contributed by atoms with Crippen LogP contribution in [0.4, 0.5) is 5.69 Å². The van der Waals surface area contributed by atoms with Gasteiger partial charge in [-0.2, -0.15) is 0 Å². The van der Waals surface area contributed by atoms with Gasteiger partial charge >= 0.3 is 0 Å². The average molecular weight is 361 g/mol. The maximum Gasteiger partial charge on any atom is 0.251 e. The number of rotatable bonds is 2. The second-order valence-corrected chi connectivity index (χ2v) is 6.23. The van der Waals surface area contributed by atoms with Gasteiger partial charge in [0.05, 0.1) is 6.04 Å². The molecule has 1 heterocycles. The quantitative estimate of drug-likeness (QED) is 0.806. The highest BCUT2D eigenvalue weighted by Crippen LogP contribution is 2.33. The Morgan fingerprint density at radius 2 is 1.88 bits per heavy atom. The van der Waals surface area contributed by atoms with E-state index >= 15 is 0 Å². The van der Waals surface area contributed by atoms with Crippen LogP contribution in [0, 0.1) is 0 Å². The lowest BCUT2D eigenvalue weighted by Crippen LogP contribution is -2.31. The van der Waals surface area contributed by atoms with Crippen molar-refractivity contribution < 1.29 is 14.3 Å². The van der Waals surface area contributed by atoms with Crippen LogP contribution < -0.4 is 20.5 Å². The van der Waals surface area contributed by atoms with Crippen molar-refractivity contribution in [2.75, 3.05) is 18.9 Å². The minimum Gasteiger partial charge on any atom is -0.486 e. The fourth-order valence-corrected chi connectivity index (χ4v) is 3.41. The molecule has 2 aromatic carbocycles. The first-order valence-electron chi connectivity index (χ1n) is 8.29. The fraction of sp³-hybridized carbons (Fsp3) is 0.316. The number of halogens is 1. The van der Waals surface area contributed by atoms with Crippen LogP contribution in [-0.4, -0.2) is 19.1 Å².